The van der Waals surface area contributed by atoms with Gasteiger partial charge in [0.2, 0.25) is 5.88 Å². The Morgan fingerprint density at radius 1 is 1.03 bits per heavy atom. The molecule has 0 unspecified atom stereocenters. The highest BCUT2D eigenvalue weighted by Gasteiger charge is 2.31. The molecule has 0 amide bonds. The van der Waals surface area contributed by atoms with Gasteiger partial charge in [0.1, 0.15) is 0 Å². The predicted molar refractivity (Wildman–Crippen MR) is 117 cm³/mol. The van der Waals surface area contributed by atoms with Crippen LogP contribution in [0.15, 0.2) is 75.0 Å². The van der Waals surface area contributed by atoms with E-state index in [-0.39, 0.29) is 10.7 Å². The van der Waals surface area contributed by atoms with Gasteiger partial charge in [-0.3, -0.25) is 13.8 Å². The Morgan fingerprint density at radius 2 is 1.78 bits per heavy atom. The average Bonchev–Trinajstić information content (AvgIpc) is 3.45. The van der Waals surface area contributed by atoms with Crippen molar-refractivity contribution in [1.82, 2.24) is 15.1 Å². The summed E-state index contributed by atoms with van der Waals surface area (Å²) in [5.41, 5.74) is 4.06. The van der Waals surface area contributed by atoms with Gasteiger partial charge in [0.05, 0.1) is 17.7 Å². The summed E-state index contributed by atoms with van der Waals surface area (Å²) >= 11 is 0. The first kappa shape index (κ1) is 20.0. The molecular formula is C22H18N4O5S. The van der Waals surface area contributed by atoms with Gasteiger partial charge in [0, 0.05) is 29.9 Å². The number of aromatic amines is 1. The van der Waals surface area contributed by atoms with E-state index in [1.54, 1.807) is 31.5 Å². The molecule has 1 aliphatic rings. The minimum absolute atomic E-state index is 0.156. The smallest absolute Gasteiger partial charge is 0.439 e. The highest BCUT2D eigenvalue weighted by Crippen LogP contribution is 2.36. The van der Waals surface area contributed by atoms with Crippen molar-refractivity contribution in [2.45, 2.75) is 11.3 Å². The van der Waals surface area contributed by atoms with Crippen molar-refractivity contribution in [1.29, 1.82) is 0 Å². The monoisotopic (exact) mass is 450 g/mol. The van der Waals surface area contributed by atoms with Crippen molar-refractivity contribution in [3.8, 4) is 28.4 Å². The van der Waals surface area contributed by atoms with Crippen molar-refractivity contribution >= 4 is 15.7 Å². The Balaban J connectivity index is 1.43. The van der Waals surface area contributed by atoms with Gasteiger partial charge in [-0.25, -0.2) is 18.2 Å². The Morgan fingerprint density at radius 3 is 2.44 bits per heavy atom. The summed E-state index contributed by atoms with van der Waals surface area (Å²) in [6.07, 6.45) is 2.35. The van der Waals surface area contributed by atoms with Crippen LogP contribution < -0.4 is 14.8 Å². The number of nitrogens with one attached hydrogen (secondary N) is 1. The Hall–Kier alpha value is -3.92. The maximum Gasteiger partial charge on any atom is 0.439 e. The molecule has 162 valence electrons. The Bertz CT molecular complexity index is 1440. The van der Waals surface area contributed by atoms with Crippen LogP contribution in [0, 0.1) is 0 Å². The predicted octanol–water partition coefficient (Wildman–Crippen LogP) is 2.85. The van der Waals surface area contributed by atoms with Crippen molar-refractivity contribution in [3.63, 3.8) is 0 Å². The zero-order chi connectivity index (χ0) is 22.3. The van der Waals surface area contributed by atoms with Crippen LogP contribution in [0.25, 0.3) is 22.5 Å². The van der Waals surface area contributed by atoms with E-state index >= 15 is 0 Å². The van der Waals surface area contributed by atoms with Gasteiger partial charge >= 0.3 is 5.76 Å². The van der Waals surface area contributed by atoms with Crippen molar-refractivity contribution in [2.75, 3.05) is 18.0 Å². The van der Waals surface area contributed by atoms with Crippen molar-refractivity contribution in [2.24, 2.45) is 0 Å². The van der Waals surface area contributed by atoms with Crippen LogP contribution in [-0.2, 0) is 16.4 Å². The summed E-state index contributed by atoms with van der Waals surface area (Å²) in [6.45, 7) is 0.361. The molecule has 3 heterocycles. The zero-order valence-electron chi connectivity index (χ0n) is 17.0. The van der Waals surface area contributed by atoms with Gasteiger partial charge < -0.3 is 4.74 Å². The second-order valence-electron chi connectivity index (χ2n) is 7.23. The number of benzene rings is 2. The number of ether oxygens (including phenoxy) is 1. The molecule has 0 atom stereocenters. The second-order valence-corrected chi connectivity index (χ2v) is 9.09. The molecule has 0 spiro atoms. The summed E-state index contributed by atoms with van der Waals surface area (Å²) in [5.74, 6) is 0.106. The van der Waals surface area contributed by atoms with Gasteiger partial charge in [0.25, 0.3) is 10.0 Å². The first-order valence-electron chi connectivity index (χ1n) is 9.78. The lowest BCUT2D eigenvalue weighted by Crippen LogP contribution is -2.29. The third-order valence-corrected chi connectivity index (χ3v) is 7.19. The number of anilines is 1. The van der Waals surface area contributed by atoms with E-state index in [9.17, 15) is 13.2 Å². The maximum atomic E-state index is 13.3. The number of hydrogen-bond donors (Lipinski definition) is 1. The lowest BCUT2D eigenvalue weighted by atomic mass is 10.0. The van der Waals surface area contributed by atoms with Crippen LogP contribution in [0.5, 0.6) is 5.88 Å². The molecule has 5 rings (SSSR count). The molecule has 2 aromatic carbocycles. The van der Waals surface area contributed by atoms with E-state index < -0.39 is 15.8 Å². The van der Waals surface area contributed by atoms with Crippen LogP contribution in [0.2, 0.25) is 0 Å². The van der Waals surface area contributed by atoms with E-state index in [0.29, 0.717) is 30.1 Å². The minimum Gasteiger partial charge on any atom is -0.481 e. The van der Waals surface area contributed by atoms with Crippen molar-refractivity contribution < 1.29 is 17.7 Å². The van der Waals surface area contributed by atoms with E-state index in [0.717, 1.165) is 16.7 Å². The number of pyridine rings is 1. The Labute approximate surface area is 183 Å². The number of H-pyrrole nitrogens is 1. The number of methoxy groups -OCH3 is 1. The number of sulfonamides is 1. The third kappa shape index (κ3) is 3.44. The molecule has 0 radical (unpaired) electrons. The molecule has 4 aromatic rings. The normalized spacial score (nSPS) is 13.2. The molecule has 1 aliphatic heterocycles. The SMILES string of the molecule is COc1ccc(-c2ccc3c(c2)CCN3S(=O)(=O)c2ccc(-c3noc(=O)[nH]3)cc2)cn1. The fourth-order valence-corrected chi connectivity index (χ4v) is 5.24. The molecule has 10 heteroatoms. The van der Waals surface area contributed by atoms with Gasteiger partial charge in [-0.15, -0.1) is 0 Å². The quantitative estimate of drug-likeness (QED) is 0.497. The summed E-state index contributed by atoms with van der Waals surface area (Å²) in [7, 11) is -2.18. The van der Waals surface area contributed by atoms with Gasteiger partial charge in [-0.1, -0.05) is 11.2 Å². The lowest BCUT2D eigenvalue weighted by molar-refractivity contribution is 0.388. The highest BCUT2D eigenvalue weighted by atomic mass is 32.2. The summed E-state index contributed by atoms with van der Waals surface area (Å²) in [4.78, 5) is 18.0. The van der Waals surface area contributed by atoms with Crippen LogP contribution >= 0.6 is 0 Å². The number of nitrogens with zero attached hydrogens (tertiary/aromatic N) is 3. The standard InChI is InChI=1S/C22H18N4O5S/c1-30-20-9-5-17(13-23-20)15-4-8-19-16(12-15)10-11-26(19)32(28,29)18-6-2-14(3-7-18)21-24-22(27)31-25-21/h2-9,12-13H,10-11H2,1H3,(H,24,25,27). The topological polar surface area (TPSA) is 118 Å². The van der Waals surface area contributed by atoms with E-state index in [2.05, 4.69) is 19.6 Å². The van der Waals surface area contributed by atoms with Crippen LogP contribution in [0.4, 0.5) is 5.69 Å². The molecule has 0 bridgehead atoms. The molecule has 32 heavy (non-hydrogen) atoms. The number of aromatic nitrogens is 3. The lowest BCUT2D eigenvalue weighted by Gasteiger charge is -2.20. The van der Waals surface area contributed by atoms with Gasteiger partial charge in [-0.2, -0.15) is 0 Å². The molecule has 2 aromatic heterocycles. The number of fused-ring (bicyclic) bond motifs is 1. The summed E-state index contributed by atoms with van der Waals surface area (Å²) < 4.78 is 37.6. The van der Waals surface area contributed by atoms with Gasteiger partial charge in [-0.05, 0) is 60.0 Å². The van der Waals surface area contributed by atoms with E-state index in [1.165, 1.54) is 16.4 Å². The van der Waals surface area contributed by atoms with Crippen LogP contribution in [0.3, 0.4) is 0 Å². The Kier molecular flexibility index (Phi) is 4.78. The maximum absolute atomic E-state index is 13.3. The number of hydrogen-bond acceptors (Lipinski definition) is 7. The first-order chi connectivity index (χ1) is 15.5. The molecule has 1 N–H and O–H groups in total. The average molecular weight is 450 g/mol. The zero-order valence-corrected chi connectivity index (χ0v) is 17.8. The van der Waals surface area contributed by atoms with Crippen LogP contribution in [0.1, 0.15) is 5.56 Å². The fraction of sp³-hybridized carbons (Fsp3) is 0.136. The molecule has 0 fully saturated rings. The van der Waals surface area contributed by atoms with E-state index in [4.69, 9.17) is 4.74 Å². The fourth-order valence-electron chi connectivity index (χ4n) is 3.74. The summed E-state index contributed by atoms with van der Waals surface area (Å²) in [6, 6.07) is 15.6. The molecule has 0 aliphatic carbocycles. The minimum atomic E-state index is -3.74. The molecule has 0 saturated carbocycles. The van der Waals surface area contributed by atoms with Crippen molar-refractivity contribution in [3.05, 3.63) is 76.9 Å². The third-order valence-electron chi connectivity index (χ3n) is 5.37. The molecular weight excluding hydrogens is 432 g/mol. The second kappa shape index (κ2) is 7.65. The van der Waals surface area contributed by atoms with Crippen LogP contribution in [-0.4, -0.2) is 37.2 Å². The largest absolute Gasteiger partial charge is 0.481 e. The molecule has 9 nitrogen and oxygen atoms in total. The summed E-state index contributed by atoms with van der Waals surface area (Å²) in [5, 5.41) is 3.61. The highest BCUT2D eigenvalue weighted by molar-refractivity contribution is 7.92. The first-order valence-corrected chi connectivity index (χ1v) is 11.2. The van der Waals surface area contributed by atoms with Gasteiger partial charge in [0.15, 0.2) is 5.82 Å². The van der Waals surface area contributed by atoms with E-state index in [1.807, 2.05) is 24.3 Å². The molecule has 0 saturated heterocycles. The number of rotatable bonds is 5.